The Kier molecular flexibility index (Phi) is 4.28. The van der Waals surface area contributed by atoms with Crippen molar-refractivity contribution < 1.29 is 17.6 Å². The van der Waals surface area contributed by atoms with Crippen LogP contribution in [0.1, 0.15) is 24.8 Å². The van der Waals surface area contributed by atoms with Gasteiger partial charge in [0.2, 0.25) is 5.13 Å². The molecule has 2 aliphatic heterocycles. The van der Waals surface area contributed by atoms with Crippen molar-refractivity contribution in [3.8, 4) is 10.6 Å². The van der Waals surface area contributed by atoms with Gasteiger partial charge in [0.05, 0.1) is 23.8 Å². The minimum atomic E-state index is -2.72. The molecule has 7 rings (SSSR count). The number of hydrogen-bond donors (Lipinski definition) is 0. The second-order valence-electron chi connectivity index (χ2n) is 9.42. The molecule has 0 amide bonds. The zero-order valence-electron chi connectivity index (χ0n) is 18.3. The van der Waals surface area contributed by atoms with Crippen LogP contribution in [0.25, 0.3) is 16.2 Å². The maximum absolute atomic E-state index is 14.8. The van der Waals surface area contributed by atoms with Crippen LogP contribution in [0, 0.1) is 17.6 Å². The van der Waals surface area contributed by atoms with Gasteiger partial charge in [-0.2, -0.15) is 5.10 Å². The lowest BCUT2D eigenvalue weighted by Crippen LogP contribution is -2.34. The van der Waals surface area contributed by atoms with E-state index in [0.717, 1.165) is 18.9 Å². The average molecular weight is 502 g/mol. The lowest BCUT2D eigenvalue weighted by atomic mass is 10.0. The number of piperidine rings is 1. The van der Waals surface area contributed by atoms with E-state index in [4.69, 9.17) is 4.98 Å². The van der Waals surface area contributed by atoms with Gasteiger partial charge in [-0.1, -0.05) is 11.3 Å². The van der Waals surface area contributed by atoms with Crippen LogP contribution in [0.4, 0.5) is 28.5 Å². The van der Waals surface area contributed by atoms with Crippen molar-refractivity contribution in [2.75, 3.05) is 29.4 Å². The number of aromatic nitrogens is 5. The van der Waals surface area contributed by atoms with Crippen LogP contribution < -0.4 is 9.80 Å². The zero-order chi connectivity index (χ0) is 23.9. The smallest absolute Gasteiger partial charge is 0.267 e. The Hall–Kier alpha value is -3.28. The fourth-order valence-corrected chi connectivity index (χ4v) is 6.48. The third-order valence-corrected chi connectivity index (χ3v) is 8.38. The molecule has 2 saturated heterocycles. The van der Waals surface area contributed by atoms with Gasteiger partial charge in [-0.05, 0) is 43.0 Å². The van der Waals surface area contributed by atoms with E-state index in [9.17, 15) is 17.6 Å². The van der Waals surface area contributed by atoms with Crippen LogP contribution in [0.3, 0.4) is 0 Å². The molecule has 1 aromatic carbocycles. The fraction of sp³-hybridized carbons (Fsp3) is 0.391. The highest BCUT2D eigenvalue weighted by atomic mass is 32.1. The summed E-state index contributed by atoms with van der Waals surface area (Å²) in [6.07, 6.45) is 4.81. The minimum absolute atomic E-state index is 0.200. The molecule has 4 aromatic rings. The normalized spacial score (nSPS) is 25.0. The summed E-state index contributed by atoms with van der Waals surface area (Å²) in [5.41, 5.74) is 0.941. The Morgan fingerprint density at radius 3 is 2.77 bits per heavy atom. The number of halogens is 4. The predicted octanol–water partition coefficient (Wildman–Crippen LogP) is 4.50. The summed E-state index contributed by atoms with van der Waals surface area (Å²) in [5.74, 6) is -2.71. The van der Waals surface area contributed by atoms with E-state index in [0.29, 0.717) is 39.3 Å². The molecule has 1 aliphatic carbocycles. The van der Waals surface area contributed by atoms with Crippen LogP contribution in [0.2, 0.25) is 0 Å². The molecular weight excluding hydrogens is 482 g/mol. The number of benzene rings is 1. The second kappa shape index (κ2) is 7.12. The molecule has 3 fully saturated rings. The minimum Gasteiger partial charge on any atom is -0.346 e. The molecule has 3 aromatic heterocycles. The third-order valence-electron chi connectivity index (χ3n) is 7.37. The van der Waals surface area contributed by atoms with Crippen LogP contribution in [-0.4, -0.2) is 50.4 Å². The molecule has 5 heterocycles. The zero-order valence-corrected chi connectivity index (χ0v) is 19.2. The molecule has 0 N–H and O–H groups in total. The van der Waals surface area contributed by atoms with E-state index < -0.39 is 23.1 Å². The van der Waals surface area contributed by atoms with Gasteiger partial charge in [0.25, 0.3) is 5.92 Å². The number of nitrogens with zero attached hydrogens (tertiary/aromatic N) is 7. The van der Waals surface area contributed by atoms with E-state index in [1.165, 1.54) is 23.5 Å². The Bertz CT molecular complexity index is 1470. The molecule has 3 aliphatic rings. The first-order valence-electron chi connectivity index (χ1n) is 11.4. The van der Waals surface area contributed by atoms with Crippen molar-refractivity contribution in [1.82, 2.24) is 24.8 Å². The van der Waals surface area contributed by atoms with Gasteiger partial charge in [-0.3, -0.25) is 0 Å². The van der Waals surface area contributed by atoms with Gasteiger partial charge in [-0.25, -0.2) is 27.1 Å². The monoisotopic (exact) mass is 501 g/mol. The molecule has 0 unspecified atom stereocenters. The van der Waals surface area contributed by atoms with Crippen LogP contribution >= 0.6 is 11.3 Å². The molecule has 0 radical (unpaired) electrons. The summed E-state index contributed by atoms with van der Waals surface area (Å²) in [5, 5.41) is 13.7. The van der Waals surface area contributed by atoms with Crippen LogP contribution in [0.5, 0.6) is 0 Å². The molecule has 2 atom stereocenters. The molecule has 180 valence electrons. The van der Waals surface area contributed by atoms with Crippen molar-refractivity contribution in [3.05, 3.63) is 53.9 Å². The van der Waals surface area contributed by atoms with Gasteiger partial charge < -0.3 is 9.80 Å². The molecule has 35 heavy (non-hydrogen) atoms. The molecular formula is C23H19F4N7S. The summed E-state index contributed by atoms with van der Waals surface area (Å²) in [6.45, 7) is 0.542. The second-order valence-corrected chi connectivity index (χ2v) is 10.4. The van der Waals surface area contributed by atoms with Crippen molar-refractivity contribution in [2.45, 2.75) is 30.7 Å². The maximum Gasteiger partial charge on any atom is 0.267 e. The van der Waals surface area contributed by atoms with Gasteiger partial charge in [0.15, 0.2) is 10.7 Å². The topological polar surface area (TPSA) is 62.5 Å². The molecule has 7 nitrogen and oxygen atoms in total. The van der Waals surface area contributed by atoms with Crippen molar-refractivity contribution in [1.29, 1.82) is 0 Å². The van der Waals surface area contributed by atoms with E-state index >= 15 is 0 Å². The van der Waals surface area contributed by atoms with E-state index in [1.807, 2.05) is 6.07 Å². The molecule has 1 saturated carbocycles. The number of fused-ring (bicyclic) bond motifs is 2. The lowest BCUT2D eigenvalue weighted by Gasteiger charge is -2.30. The summed E-state index contributed by atoms with van der Waals surface area (Å²) in [7, 11) is 0. The van der Waals surface area contributed by atoms with Crippen LogP contribution in [-0.2, 0) is 5.54 Å². The standard InChI is InChI=1S/C23H19F4N7S/c24-14-1-2-17(25)16(9-14)23-10-13(23)3-6-33(23)18-4-7-34-19(29-18)15(11-28-34)20-30-31-21(35-20)32-8-5-22(26,27)12-32/h1-2,4,7,9,11,13H,3,5-6,8,10,12H2/t13-,23+/m0/s1. The quantitative estimate of drug-likeness (QED) is 0.384. The van der Waals surface area contributed by atoms with Gasteiger partial charge >= 0.3 is 0 Å². The van der Waals surface area contributed by atoms with E-state index in [2.05, 4.69) is 20.2 Å². The Balaban J connectivity index is 1.25. The summed E-state index contributed by atoms with van der Waals surface area (Å²) in [6, 6.07) is 5.43. The summed E-state index contributed by atoms with van der Waals surface area (Å²) in [4.78, 5) is 8.44. The van der Waals surface area contributed by atoms with Crippen LogP contribution in [0.15, 0.2) is 36.7 Å². The maximum atomic E-state index is 14.8. The van der Waals surface area contributed by atoms with E-state index in [-0.39, 0.29) is 25.4 Å². The third kappa shape index (κ3) is 3.15. The van der Waals surface area contributed by atoms with Crippen molar-refractivity contribution in [3.63, 3.8) is 0 Å². The summed E-state index contributed by atoms with van der Waals surface area (Å²) < 4.78 is 57.7. The lowest BCUT2D eigenvalue weighted by molar-refractivity contribution is 0.0257. The fourth-order valence-electron chi connectivity index (χ4n) is 5.61. The molecule has 0 spiro atoms. The van der Waals surface area contributed by atoms with Crippen molar-refractivity contribution >= 4 is 27.9 Å². The first-order valence-corrected chi connectivity index (χ1v) is 12.2. The first-order chi connectivity index (χ1) is 16.8. The number of alkyl halides is 2. The SMILES string of the molecule is Fc1ccc(F)c([C@@]23C[C@@H]2CCN3c2ccn3ncc(-c4nnc(N5CCC(F)(F)C5)s4)c3n2)c1. The summed E-state index contributed by atoms with van der Waals surface area (Å²) >= 11 is 1.22. The van der Waals surface area contributed by atoms with Gasteiger partial charge in [0, 0.05) is 31.3 Å². The van der Waals surface area contributed by atoms with E-state index in [1.54, 1.807) is 21.8 Å². The highest BCUT2D eigenvalue weighted by molar-refractivity contribution is 7.18. The highest BCUT2D eigenvalue weighted by Gasteiger charge is 2.64. The number of rotatable bonds is 4. The van der Waals surface area contributed by atoms with Gasteiger partial charge in [0.1, 0.15) is 17.5 Å². The average Bonchev–Trinajstić information content (AvgIpc) is 3.31. The molecule has 12 heteroatoms. The van der Waals surface area contributed by atoms with Gasteiger partial charge in [-0.15, -0.1) is 10.2 Å². The Morgan fingerprint density at radius 2 is 1.97 bits per heavy atom. The Morgan fingerprint density at radius 1 is 1.09 bits per heavy atom. The van der Waals surface area contributed by atoms with Crippen molar-refractivity contribution in [2.24, 2.45) is 5.92 Å². The predicted molar refractivity (Wildman–Crippen MR) is 122 cm³/mol. The highest BCUT2D eigenvalue weighted by Crippen LogP contribution is 2.63. The first kappa shape index (κ1) is 21.0. The number of hydrogen-bond acceptors (Lipinski definition) is 7. The number of anilines is 2. The largest absolute Gasteiger partial charge is 0.346 e. The Labute approximate surface area is 201 Å². The molecule has 0 bridgehead atoms.